The summed E-state index contributed by atoms with van der Waals surface area (Å²) in [5.41, 5.74) is 1.52. The van der Waals surface area contributed by atoms with Crippen LogP contribution in [-0.4, -0.2) is 10.9 Å². The van der Waals surface area contributed by atoms with Gasteiger partial charge >= 0.3 is 0 Å². The molecule has 1 aromatic carbocycles. The van der Waals surface area contributed by atoms with Gasteiger partial charge in [0.25, 0.3) is 0 Å². The van der Waals surface area contributed by atoms with Crippen LogP contribution < -0.4 is 5.32 Å². The largest absolute Gasteiger partial charge is 0.321 e. The van der Waals surface area contributed by atoms with E-state index >= 15 is 0 Å². The Bertz CT molecular complexity index is 609. The molecule has 0 aliphatic carbocycles. The number of carbonyl (C=O) groups is 1. The molecule has 0 fully saturated rings. The molecule has 0 spiro atoms. The van der Waals surface area contributed by atoms with Gasteiger partial charge in [-0.15, -0.1) is 0 Å². The number of nitrogens with zero attached hydrogens (tertiary/aromatic N) is 1. The lowest BCUT2D eigenvalue weighted by Crippen LogP contribution is -2.08. The maximum absolute atomic E-state index is 11.7. The van der Waals surface area contributed by atoms with E-state index in [0.717, 1.165) is 16.6 Å². The number of amides is 1. The standard InChI is InChI=1S/C15H14N2O/c1-2-3-4-10-14(18)17-13-9-5-7-12-8-6-11-16-15(12)13/h2-11H,1H3,(H,17,18)/b3-2+,10-4+. The van der Waals surface area contributed by atoms with E-state index in [1.54, 1.807) is 18.3 Å². The fraction of sp³-hybridized carbons (Fsp3) is 0.0667. The Morgan fingerprint density at radius 3 is 2.89 bits per heavy atom. The van der Waals surface area contributed by atoms with Crippen LogP contribution in [0.4, 0.5) is 5.69 Å². The van der Waals surface area contributed by atoms with Crippen molar-refractivity contribution >= 4 is 22.5 Å². The number of aromatic nitrogens is 1. The lowest BCUT2D eigenvalue weighted by Gasteiger charge is -2.05. The zero-order chi connectivity index (χ0) is 12.8. The van der Waals surface area contributed by atoms with E-state index in [2.05, 4.69) is 10.3 Å². The summed E-state index contributed by atoms with van der Waals surface area (Å²) in [4.78, 5) is 15.9. The number of nitrogens with one attached hydrogen (secondary N) is 1. The molecule has 1 amide bonds. The van der Waals surface area contributed by atoms with Gasteiger partial charge in [0.15, 0.2) is 0 Å². The highest BCUT2D eigenvalue weighted by Crippen LogP contribution is 2.20. The fourth-order valence-electron chi connectivity index (χ4n) is 1.63. The van der Waals surface area contributed by atoms with Gasteiger partial charge in [0, 0.05) is 17.7 Å². The molecule has 2 aromatic rings. The minimum atomic E-state index is -0.161. The average Bonchev–Trinajstić information content (AvgIpc) is 2.39. The molecule has 3 heteroatoms. The van der Waals surface area contributed by atoms with Crippen molar-refractivity contribution < 1.29 is 4.79 Å². The van der Waals surface area contributed by atoms with Crippen LogP contribution in [0.5, 0.6) is 0 Å². The predicted molar refractivity (Wildman–Crippen MR) is 74.3 cm³/mol. The van der Waals surface area contributed by atoms with Gasteiger partial charge in [-0.05, 0) is 19.1 Å². The maximum Gasteiger partial charge on any atom is 0.248 e. The Morgan fingerprint density at radius 2 is 2.06 bits per heavy atom. The topological polar surface area (TPSA) is 42.0 Å². The third kappa shape index (κ3) is 2.83. The van der Waals surface area contributed by atoms with E-state index in [0.29, 0.717) is 0 Å². The number of allylic oxidation sites excluding steroid dienone is 3. The Kier molecular flexibility index (Phi) is 3.86. The molecule has 0 unspecified atom stereocenters. The SMILES string of the molecule is C/C=C/C=C/C(=O)Nc1cccc2cccnc12. The van der Waals surface area contributed by atoms with Crippen LogP contribution in [-0.2, 0) is 4.79 Å². The zero-order valence-corrected chi connectivity index (χ0v) is 10.1. The average molecular weight is 238 g/mol. The van der Waals surface area contributed by atoms with E-state index in [-0.39, 0.29) is 5.91 Å². The van der Waals surface area contributed by atoms with Crippen LogP contribution in [0.25, 0.3) is 10.9 Å². The second kappa shape index (κ2) is 5.77. The summed E-state index contributed by atoms with van der Waals surface area (Å²) in [7, 11) is 0. The van der Waals surface area contributed by atoms with Crippen molar-refractivity contribution in [2.75, 3.05) is 5.32 Å². The number of benzene rings is 1. The second-order valence-corrected chi connectivity index (χ2v) is 3.75. The summed E-state index contributed by atoms with van der Waals surface area (Å²) in [5.74, 6) is -0.161. The first-order chi connectivity index (χ1) is 8.81. The smallest absolute Gasteiger partial charge is 0.248 e. The third-order valence-corrected chi connectivity index (χ3v) is 2.44. The second-order valence-electron chi connectivity index (χ2n) is 3.75. The highest BCUT2D eigenvalue weighted by atomic mass is 16.1. The number of pyridine rings is 1. The first-order valence-electron chi connectivity index (χ1n) is 5.75. The van der Waals surface area contributed by atoms with Crippen molar-refractivity contribution in [3.63, 3.8) is 0 Å². The van der Waals surface area contributed by atoms with Crippen LogP contribution in [0.2, 0.25) is 0 Å². The van der Waals surface area contributed by atoms with E-state index in [9.17, 15) is 4.79 Å². The number of para-hydroxylation sites is 1. The number of hydrogen-bond acceptors (Lipinski definition) is 2. The van der Waals surface area contributed by atoms with Gasteiger partial charge in [0.2, 0.25) is 5.91 Å². The molecule has 18 heavy (non-hydrogen) atoms. The van der Waals surface area contributed by atoms with E-state index in [4.69, 9.17) is 0 Å². The third-order valence-electron chi connectivity index (χ3n) is 2.44. The van der Waals surface area contributed by atoms with Gasteiger partial charge in [-0.3, -0.25) is 9.78 Å². The van der Waals surface area contributed by atoms with Crippen LogP contribution in [0.15, 0.2) is 60.8 Å². The Labute approximate surface area is 106 Å². The van der Waals surface area contributed by atoms with E-state index < -0.39 is 0 Å². The van der Waals surface area contributed by atoms with Gasteiger partial charge in [0.05, 0.1) is 11.2 Å². The lowest BCUT2D eigenvalue weighted by molar-refractivity contribution is -0.111. The molecule has 90 valence electrons. The first kappa shape index (κ1) is 12.0. The van der Waals surface area contributed by atoms with Crippen LogP contribution in [0, 0.1) is 0 Å². The summed E-state index contributed by atoms with van der Waals surface area (Å²) in [5, 5.41) is 3.83. The van der Waals surface area contributed by atoms with Crippen LogP contribution in [0.3, 0.4) is 0 Å². The molecule has 0 radical (unpaired) electrons. The van der Waals surface area contributed by atoms with Gasteiger partial charge < -0.3 is 5.32 Å². The van der Waals surface area contributed by atoms with Crippen molar-refractivity contribution in [2.45, 2.75) is 6.92 Å². The van der Waals surface area contributed by atoms with Crippen molar-refractivity contribution in [3.8, 4) is 0 Å². The van der Waals surface area contributed by atoms with Crippen molar-refractivity contribution in [1.82, 2.24) is 4.98 Å². The Hall–Kier alpha value is -2.42. The van der Waals surface area contributed by atoms with Gasteiger partial charge in [-0.1, -0.05) is 36.4 Å². The molecule has 1 N–H and O–H groups in total. The maximum atomic E-state index is 11.7. The monoisotopic (exact) mass is 238 g/mol. The van der Waals surface area contributed by atoms with Gasteiger partial charge in [-0.25, -0.2) is 0 Å². The predicted octanol–water partition coefficient (Wildman–Crippen LogP) is 3.31. The fourth-order valence-corrected chi connectivity index (χ4v) is 1.63. The summed E-state index contributed by atoms with van der Waals surface area (Å²) in [6, 6.07) is 9.55. The first-order valence-corrected chi connectivity index (χ1v) is 5.75. The molecule has 0 aliphatic rings. The normalized spacial score (nSPS) is 11.4. The molecule has 1 aromatic heterocycles. The molecule has 0 saturated heterocycles. The quantitative estimate of drug-likeness (QED) is 0.658. The molecule has 0 saturated carbocycles. The lowest BCUT2D eigenvalue weighted by atomic mass is 10.2. The number of anilines is 1. The summed E-state index contributed by atoms with van der Waals surface area (Å²) < 4.78 is 0. The van der Waals surface area contributed by atoms with Crippen LogP contribution >= 0.6 is 0 Å². The molecule has 0 bridgehead atoms. The molecular weight excluding hydrogens is 224 g/mol. The van der Waals surface area contributed by atoms with E-state index in [1.807, 2.05) is 43.3 Å². The highest BCUT2D eigenvalue weighted by molar-refractivity contribution is 6.04. The summed E-state index contributed by atoms with van der Waals surface area (Å²) in [6.45, 7) is 1.90. The molecule has 3 nitrogen and oxygen atoms in total. The number of fused-ring (bicyclic) bond motifs is 1. The Balaban J connectivity index is 2.24. The molecule has 0 atom stereocenters. The highest BCUT2D eigenvalue weighted by Gasteiger charge is 2.03. The number of carbonyl (C=O) groups excluding carboxylic acids is 1. The van der Waals surface area contributed by atoms with Gasteiger partial charge in [0.1, 0.15) is 0 Å². The van der Waals surface area contributed by atoms with E-state index in [1.165, 1.54) is 6.08 Å². The van der Waals surface area contributed by atoms with Crippen molar-refractivity contribution in [2.24, 2.45) is 0 Å². The number of rotatable bonds is 3. The Morgan fingerprint density at radius 1 is 1.22 bits per heavy atom. The minimum absolute atomic E-state index is 0.161. The van der Waals surface area contributed by atoms with Crippen LogP contribution in [0.1, 0.15) is 6.92 Å². The zero-order valence-electron chi connectivity index (χ0n) is 10.1. The van der Waals surface area contributed by atoms with Crippen molar-refractivity contribution in [1.29, 1.82) is 0 Å². The summed E-state index contributed by atoms with van der Waals surface area (Å²) >= 11 is 0. The molecule has 0 aliphatic heterocycles. The van der Waals surface area contributed by atoms with Gasteiger partial charge in [-0.2, -0.15) is 0 Å². The summed E-state index contributed by atoms with van der Waals surface area (Å²) in [6.07, 6.45) is 8.58. The molecule has 2 rings (SSSR count). The molecule has 1 heterocycles. The molecular formula is C15H14N2O. The number of hydrogen-bond donors (Lipinski definition) is 1. The van der Waals surface area contributed by atoms with Crippen molar-refractivity contribution in [3.05, 3.63) is 60.8 Å². The minimum Gasteiger partial charge on any atom is -0.321 e.